The molecule has 3 atom stereocenters. The number of amides is 2. The summed E-state index contributed by atoms with van der Waals surface area (Å²) >= 11 is 0. The second-order valence-corrected chi connectivity index (χ2v) is 7.92. The fourth-order valence-corrected chi connectivity index (χ4v) is 3.26. The zero-order valence-electron chi connectivity index (χ0n) is 18.2. The molecular weight excluding hydrogens is 380 g/mol. The van der Waals surface area contributed by atoms with E-state index in [2.05, 4.69) is 16.7 Å². The Hall–Kier alpha value is -2.60. The summed E-state index contributed by atoms with van der Waals surface area (Å²) < 4.78 is 5.30. The molecule has 0 saturated carbocycles. The van der Waals surface area contributed by atoms with Crippen molar-refractivity contribution in [2.75, 3.05) is 13.2 Å². The van der Waals surface area contributed by atoms with Gasteiger partial charge < -0.3 is 20.5 Å². The standard InChI is InChI=1S/C24H34N2O4/c1-4-18(3)22(26-24(29)30-16-20-8-6-5-7-9-20)23(28)25-21(15-27)14-19-12-10-17(2)11-13-19/h6,8-13,18,21-22,27H,4-5,7,14-16H2,1-3H3,(H,25,28)(H,26,29). The Morgan fingerprint density at radius 3 is 2.50 bits per heavy atom. The highest BCUT2D eigenvalue weighted by atomic mass is 16.5. The molecule has 6 heteroatoms. The van der Waals surface area contributed by atoms with Gasteiger partial charge in [0.2, 0.25) is 5.91 Å². The van der Waals surface area contributed by atoms with Crippen molar-refractivity contribution in [3.63, 3.8) is 0 Å². The number of rotatable bonds is 10. The Bertz CT molecular complexity index is 755. The van der Waals surface area contributed by atoms with Crippen LogP contribution in [0.2, 0.25) is 0 Å². The van der Waals surface area contributed by atoms with Crippen molar-refractivity contribution in [3.8, 4) is 0 Å². The third-order valence-electron chi connectivity index (χ3n) is 5.38. The highest BCUT2D eigenvalue weighted by Crippen LogP contribution is 2.12. The summed E-state index contributed by atoms with van der Waals surface area (Å²) in [6.45, 7) is 5.88. The van der Waals surface area contributed by atoms with Gasteiger partial charge in [0, 0.05) is 0 Å². The van der Waals surface area contributed by atoms with E-state index in [1.54, 1.807) is 0 Å². The van der Waals surface area contributed by atoms with E-state index in [-0.39, 0.29) is 25.0 Å². The first kappa shape index (κ1) is 23.7. The van der Waals surface area contributed by atoms with Crippen LogP contribution in [0.4, 0.5) is 4.79 Å². The molecule has 1 aliphatic rings. The lowest BCUT2D eigenvalue weighted by molar-refractivity contribution is -0.125. The molecule has 1 aliphatic carbocycles. The molecule has 2 rings (SSSR count). The molecular formula is C24H34N2O4. The van der Waals surface area contributed by atoms with Crippen LogP contribution in [-0.4, -0.2) is 42.4 Å². The largest absolute Gasteiger partial charge is 0.445 e. The molecule has 1 aromatic carbocycles. The number of nitrogens with one attached hydrogen (secondary N) is 2. The normalized spacial score (nSPS) is 16.2. The Kier molecular flexibility index (Phi) is 9.61. The zero-order chi connectivity index (χ0) is 21.9. The Balaban J connectivity index is 1.93. The SMILES string of the molecule is CCC(C)C(NC(=O)OCC1=CCCC=C1)C(=O)NC(CO)Cc1ccc(C)cc1. The van der Waals surface area contributed by atoms with Crippen LogP contribution < -0.4 is 10.6 Å². The molecule has 1 aromatic rings. The van der Waals surface area contributed by atoms with E-state index in [1.165, 1.54) is 0 Å². The number of aryl methyl sites for hydroxylation is 1. The van der Waals surface area contributed by atoms with Gasteiger partial charge in [-0.3, -0.25) is 4.79 Å². The van der Waals surface area contributed by atoms with E-state index in [9.17, 15) is 14.7 Å². The second-order valence-electron chi connectivity index (χ2n) is 7.92. The number of allylic oxidation sites excluding steroid dienone is 2. The summed E-state index contributed by atoms with van der Waals surface area (Å²) in [5.41, 5.74) is 3.14. The minimum Gasteiger partial charge on any atom is -0.445 e. The molecule has 0 aromatic heterocycles. The fourth-order valence-electron chi connectivity index (χ4n) is 3.26. The maximum atomic E-state index is 12.9. The van der Waals surface area contributed by atoms with Crippen molar-refractivity contribution in [3.05, 3.63) is 59.2 Å². The lowest BCUT2D eigenvalue weighted by atomic mass is 9.97. The van der Waals surface area contributed by atoms with E-state index in [0.717, 1.165) is 29.5 Å². The number of aliphatic hydroxyl groups is 1. The van der Waals surface area contributed by atoms with Gasteiger partial charge in [0.15, 0.2) is 0 Å². The maximum Gasteiger partial charge on any atom is 0.408 e. The average Bonchev–Trinajstić information content (AvgIpc) is 2.77. The third kappa shape index (κ3) is 7.67. The van der Waals surface area contributed by atoms with Gasteiger partial charge >= 0.3 is 6.09 Å². The van der Waals surface area contributed by atoms with E-state index in [0.29, 0.717) is 12.8 Å². The predicted octanol–water partition coefficient (Wildman–Crippen LogP) is 3.43. The van der Waals surface area contributed by atoms with Gasteiger partial charge in [0.25, 0.3) is 0 Å². The Morgan fingerprint density at radius 2 is 1.90 bits per heavy atom. The number of hydrogen-bond donors (Lipinski definition) is 3. The van der Waals surface area contributed by atoms with E-state index < -0.39 is 18.2 Å². The van der Waals surface area contributed by atoms with Crippen LogP contribution in [0, 0.1) is 12.8 Å². The van der Waals surface area contributed by atoms with Gasteiger partial charge in [-0.1, -0.05) is 68.3 Å². The summed E-state index contributed by atoms with van der Waals surface area (Å²) in [4.78, 5) is 25.2. The molecule has 0 spiro atoms. The summed E-state index contributed by atoms with van der Waals surface area (Å²) in [6.07, 6.45) is 8.60. The van der Waals surface area contributed by atoms with Crippen LogP contribution in [0.3, 0.4) is 0 Å². The summed E-state index contributed by atoms with van der Waals surface area (Å²) in [5.74, 6) is -0.394. The van der Waals surface area contributed by atoms with Crippen LogP contribution in [0.25, 0.3) is 0 Å². The van der Waals surface area contributed by atoms with Gasteiger partial charge in [0.1, 0.15) is 12.6 Å². The van der Waals surface area contributed by atoms with Crippen LogP contribution in [-0.2, 0) is 16.0 Å². The number of alkyl carbamates (subject to hydrolysis) is 1. The average molecular weight is 415 g/mol. The summed E-state index contributed by atoms with van der Waals surface area (Å²) in [6, 6.07) is 6.82. The minimum atomic E-state index is -0.731. The number of benzene rings is 1. The number of hydrogen-bond acceptors (Lipinski definition) is 4. The van der Waals surface area contributed by atoms with Crippen molar-refractivity contribution in [1.82, 2.24) is 10.6 Å². The first-order valence-corrected chi connectivity index (χ1v) is 10.7. The van der Waals surface area contributed by atoms with Crippen molar-refractivity contribution < 1.29 is 19.4 Å². The minimum absolute atomic E-state index is 0.0786. The Morgan fingerprint density at radius 1 is 1.17 bits per heavy atom. The predicted molar refractivity (Wildman–Crippen MR) is 118 cm³/mol. The van der Waals surface area contributed by atoms with Crippen LogP contribution in [0.1, 0.15) is 44.2 Å². The van der Waals surface area contributed by atoms with Crippen molar-refractivity contribution in [2.24, 2.45) is 5.92 Å². The van der Waals surface area contributed by atoms with E-state index in [4.69, 9.17) is 4.74 Å². The molecule has 0 radical (unpaired) electrons. The monoisotopic (exact) mass is 414 g/mol. The number of carbonyl (C=O) groups is 2. The first-order valence-electron chi connectivity index (χ1n) is 10.7. The summed E-state index contributed by atoms with van der Waals surface area (Å²) in [7, 11) is 0. The molecule has 0 aliphatic heterocycles. The topological polar surface area (TPSA) is 87.7 Å². The lowest BCUT2D eigenvalue weighted by Crippen LogP contribution is -2.53. The Labute approximate surface area is 179 Å². The molecule has 0 saturated heterocycles. The molecule has 0 fully saturated rings. The van der Waals surface area contributed by atoms with Gasteiger partial charge in [-0.25, -0.2) is 4.79 Å². The van der Waals surface area contributed by atoms with Gasteiger partial charge in [-0.05, 0) is 43.2 Å². The molecule has 6 nitrogen and oxygen atoms in total. The van der Waals surface area contributed by atoms with Crippen molar-refractivity contribution >= 4 is 12.0 Å². The second kappa shape index (κ2) is 12.2. The van der Waals surface area contributed by atoms with Gasteiger partial charge in [0.05, 0.1) is 12.6 Å². The van der Waals surface area contributed by atoms with Gasteiger partial charge in [-0.2, -0.15) is 0 Å². The zero-order valence-corrected chi connectivity index (χ0v) is 18.2. The van der Waals surface area contributed by atoms with Gasteiger partial charge in [-0.15, -0.1) is 0 Å². The quantitative estimate of drug-likeness (QED) is 0.547. The maximum absolute atomic E-state index is 12.9. The van der Waals surface area contributed by atoms with E-state index >= 15 is 0 Å². The lowest BCUT2D eigenvalue weighted by Gasteiger charge is -2.26. The molecule has 0 bridgehead atoms. The molecule has 30 heavy (non-hydrogen) atoms. The number of carbonyl (C=O) groups excluding carboxylic acids is 2. The fraction of sp³-hybridized carbons (Fsp3) is 0.500. The smallest absolute Gasteiger partial charge is 0.408 e. The third-order valence-corrected chi connectivity index (χ3v) is 5.38. The first-order chi connectivity index (χ1) is 14.4. The van der Waals surface area contributed by atoms with Crippen LogP contribution in [0.5, 0.6) is 0 Å². The van der Waals surface area contributed by atoms with Crippen molar-refractivity contribution in [1.29, 1.82) is 0 Å². The van der Waals surface area contributed by atoms with Crippen molar-refractivity contribution in [2.45, 2.75) is 58.5 Å². The van der Waals surface area contributed by atoms with E-state index in [1.807, 2.05) is 57.2 Å². The molecule has 2 amide bonds. The summed E-state index contributed by atoms with van der Waals surface area (Å²) in [5, 5.41) is 15.3. The molecule has 3 N–H and O–H groups in total. The molecule has 0 heterocycles. The highest BCUT2D eigenvalue weighted by molar-refractivity contribution is 5.86. The highest BCUT2D eigenvalue weighted by Gasteiger charge is 2.28. The van der Waals surface area contributed by atoms with Crippen LogP contribution >= 0.6 is 0 Å². The van der Waals surface area contributed by atoms with Crippen LogP contribution in [0.15, 0.2) is 48.1 Å². The number of aliphatic hydroxyl groups excluding tert-OH is 1. The molecule has 164 valence electrons. The number of ether oxygens (including phenoxy) is 1. The molecule has 3 unspecified atom stereocenters.